The van der Waals surface area contributed by atoms with Gasteiger partial charge in [-0.15, -0.1) is 0 Å². The van der Waals surface area contributed by atoms with Gasteiger partial charge in [-0.3, -0.25) is 19.0 Å². The first-order valence-electron chi connectivity index (χ1n) is 10.8. The lowest BCUT2D eigenvalue weighted by Gasteiger charge is -2.18. The molecule has 1 heterocycles. The average molecular weight is 491 g/mol. The zero-order valence-electron chi connectivity index (χ0n) is 19.2. The molecule has 0 atom stereocenters. The number of amides is 2. The summed E-state index contributed by atoms with van der Waals surface area (Å²) >= 11 is 1.14. The van der Waals surface area contributed by atoms with Crippen LogP contribution in [0.4, 0.5) is 10.1 Å². The molecule has 3 aromatic carbocycles. The van der Waals surface area contributed by atoms with Crippen LogP contribution in [0.2, 0.25) is 0 Å². The molecule has 9 heteroatoms. The second kappa shape index (κ2) is 10.5. The van der Waals surface area contributed by atoms with Gasteiger partial charge in [0.25, 0.3) is 5.56 Å². The molecule has 0 aliphatic carbocycles. The van der Waals surface area contributed by atoms with Gasteiger partial charge in [-0.2, -0.15) is 0 Å². The van der Waals surface area contributed by atoms with E-state index in [-0.39, 0.29) is 23.8 Å². The van der Waals surface area contributed by atoms with Gasteiger partial charge in [0.2, 0.25) is 11.8 Å². The van der Waals surface area contributed by atoms with Crippen LogP contribution in [-0.4, -0.2) is 45.6 Å². The number of hydrogen-bond acceptors (Lipinski definition) is 5. The minimum atomic E-state index is -0.405. The number of aryl methyl sites for hydroxylation is 1. The topological polar surface area (TPSA) is 84.3 Å². The van der Waals surface area contributed by atoms with Gasteiger partial charge in [0.15, 0.2) is 5.16 Å². The van der Waals surface area contributed by atoms with E-state index in [2.05, 4.69) is 10.3 Å². The molecule has 0 bridgehead atoms. The van der Waals surface area contributed by atoms with E-state index in [1.165, 1.54) is 40.8 Å². The second-order valence-electron chi connectivity index (χ2n) is 7.93. The Morgan fingerprint density at radius 3 is 2.46 bits per heavy atom. The number of nitrogens with one attached hydrogen (secondary N) is 1. The summed E-state index contributed by atoms with van der Waals surface area (Å²) in [5.74, 6) is -1.13. The number of likely N-dealkylation sites (N-methyl/N-ethyl adjacent to an activating group) is 1. The number of nitrogens with zero attached hydrogens (tertiary/aromatic N) is 3. The third kappa shape index (κ3) is 5.58. The molecule has 7 nitrogen and oxygen atoms in total. The van der Waals surface area contributed by atoms with E-state index >= 15 is 0 Å². The largest absolute Gasteiger partial charge is 0.336 e. The van der Waals surface area contributed by atoms with E-state index in [1.54, 1.807) is 24.3 Å². The molecule has 0 saturated heterocycles. The minimum Gasteiger partial charge on any atom is -0.336 e. The van der Waals surface area contributed by atoms with Crippen LogP contribution >= 0.6 is 11.8 Å². The van der Waals surface area contributed by atoms with Crippen molar-refractivity contribution in [2.24, 2.45) is 0 Å². The number of carbonyl (C=O) groups is 2. The first kappa shape index (κ1) is 24.2. The van der Waals surface area contributed by atoms with Crippen LogP contribution in [-0.2, 0) is 9.59 Å². The standard InChI is InChI=1S/C26H23FN4O3S/c1-17-7-3-6-10-22(17)31-25(34)20-8-4-5-9-21(20)29-26(31)35-16-24(33)30(2)15-23(32)28-19-13-11-18(27)12-14-19/h3-14H,15-16H2,1-2H3,(H,28,32). The van der Waals surface area contributed by atoms with Gasteiger partial charge in [0.05, 0.1) is 28.9 Å². The summed E-state index contributed by atoms with van der Waals surface area (Å²) in [4.78, 5) is 44.4. The Kier molecular flexibility index (Phi) is 7.26. The highest BCUT2D eigenvalue weighted by atomic mass is 32.2. The molecule has 0 aliphatic heterocycles. The summed E-state index contributed by atoms with van der Waals surface area (Å²) < 4.78 is 14.6. The molecule has 0 aliphatic rings. The molecule has 0 unspecified atom stereocenters. The summed E-state index contributed by atoms with van der Waals surface area (Å²) in [6.07, 6.45) is 0. The monoisotopic (exact) mass is 490 g/mol. The third-order valence-corrected chi connectivity index (χ3v) is 6.28. The molecular formula is C26H23FN4O3S. The van der Waals surface area contributed by atoms with Crippen molar-refractivity contribution in [1.29, 1.82) is 0 Å². The number of benzene rings is 3. The van der Waals surface area contributed by atoms with Crippen LogP contribution in [0.15, 0.2) is 82.7 Å². The lowest BCUT2D eigenvalue weighted by molar-refractivity contribution is -0.131. The molecule has 4 aromatic rings. The Morgan fingerprint density at radius 2 is 1.71 bits per heavy atom. The van der Waals surface area contributed by atoms with E-state index in [0.29, 0.717) is 27.4 Å². The van der Waals surface area contributed by atoms with Crippen LogP contribution < -0.4 is 10.9 Å². The minimum absolute atomic E-state index is 0.0169. The van der Waals surface area contributed by atoms with Gasteiger partial charge in [-0.25, -0.2) is 9.37 Å². The molecular weight excluding hydrogens is 467 g/mol. The zero-order valence-corrected chi connectivity index (χ0v) is 20.0. The van der Waals surface area contributed by atoms with E-state index in [4.69, 9.17) is 0 Å². The lowest BCUT2D eigenvalue weighted by atomic mass is 10.2. The fourth-order valence-electron chi connectivity index (χ4n) is 3.51. The number of halogens is 1. The van der Waals surface area contributed by atoms with Gasteiger partial charge in [0.1, 0.15) is 5.82 Å². The van der Waals surface area contributed by atoms with E-state index in [0.717, 1.165) is 17.3 Å². The van der Waals surface area contributed by atoms with Crippen LogP contribution in [0.5, 0.6) is 0 Å². The van der Waals surface area contributed by atoms with Gasteiger partial charge in [0, 0.05) is 12.7 Å². The van der Waals surface area contributed by atoms with Crippen molar-refractivity contribution in [3.8, 4) is 5.69 Å². The summed E-state index contributed by atoms with van der Waals surface area (Å²) in [5, 5.41) is 3.51. The normalized spacial score (nSPS) is 10.8. The number of carbonyl (C=O) groups excluding carboxylic acids is 2. The van der Waals surface area contributed by atoms with Gasteiger partial charge in [-0.1, -0.05) is 42.1 Å². The smallest absolute Gasteiger partial charge is 0.266 e. The maximum absolute atomic E-state index is 13.4. The summed E-state index contributed by atoms with van der Waals surface area (Å²) in [7, 11) is 1.52. The summed E-state index contributed by atoms with van der Waals surface area (Å²) in [6.45, 7) is 1.73. The predicted molar refractivity (Wildman–Crippen MR) is 135 cm³/mol. The molecule has 1 N–H and O–H groups in total. The number of anilines is 1. The Hall–Kier alpha value is -3.98. The Morgan fingerprint density at radius 1 is 1.03 bits per heavy atom. The Balaban J connectivity index is 1.52. The Bertz CT molecular complexity index is 1450. The molecule has 0 radical (unpaired) electrons. The number of fused-ring (bicyclic) bond motifs is 1. The lowest BCUT2D eigenvalue weighted by Crippen LogP contribution is -2.36. The fraction of sp³-hybridized carbons (Fsp3) is 0.154. The number of hydrogen-bond donors (Lipinski definition) is 1. The van der Waals surface area contributed by atoms with Crippen molar-refractivity contribution >= 4 is 40.2 Å². The Labute approximate surface area is 205 Å². The third-order valence-electron chi connectivity index (χ3n) is 5.36. The van der Waals surface area contributed by atoms with Gasteiger partial charge < -0.3 is 10.2 Å². The van der Waals surface area contributed by atoms with Crippen molar-refractivity contribution in [2.45, 2.75) is 12.1 Å². The molecule has 35 heavy (non-hydrogen) atoms. The number of aromatic nitrogens is 2. The van der Waals surface area contributed by atoms with Crippen LogP contribution in [0.1, 0.15) is 5.56 Å². The van der Waals surface area contributed by atoms with Crippen LogP contribution in [0, 0.1) is 12.7 Å². The van der Waals surface area contributed by atoms with E-state index in [1.807, 2.05) is 31.2 Å². The molecule has 178 valence electrons. The fourth-order valence-corrected chi connectivity index (χ4v) is 4.46. The molecule has 4 rings (SSSR count). The SMILES string of the molecule is Cc1ccccc1-n1c(SCC(=O)N(C)CC(=O)Nc2ccc(F)cc2)nc2ccccc2c1=O. The summed E-state index contributed by atoms with van der Waals surface area (Å²) in [5.41, 5.74) is 2.36. The van der Waals surface area contributed by atoms with Crippen molar-refractivity contribution in [1.82, 2.24) is 14.5 Å². The highest BCUT2D eigenvalue weighted by Crippen LogP contribution is 2.23. The van der Waals surface area contributed by atoms with Gasteiger partial charge in [-0.05, 0) is 55.0 Å². The second-order valence-corrected chi connectivity index (χ2v) is 8.87. The molecule has 0 saturated carbocycles. The predicted octanol–water partition coefficient (Wildman–Crippen LogP) is 4.02. The maximum atomic E-state index is 13.4. The summed E-state index contributed by atoms with van der Waals surface area (Å²) in [6, 6.07) is 19.9. The van der Waals surface area contributed by atoms with Crippen LogP contribution in [0.25, 0.3) is 16.6 Å². The van der Waals surface area contributed by atoms with Crippen molar-refractivity contribution in [3.63, 3.8) is 0 Å². The first-order chi connectivity index (χ1) is 16.8. The van der Waals surface area contributed by atoms with Crippen molar-refractivity contribution < 1.29 is 14.0 Å². The average Bonchev–Trinajstić information content (AvgIpc) is 2.84. The quantitative estimate of drug-likeness (QED) is 0.313. The molecule has 0 spiro atoms. The molecule has 2 amide bonds. The van der Waals surface area contributed by atoms with Crippen LogP contribution in [0.3, 0.4) is 0 Å². The van der Waals surface area contributed by atoms with Crippen molar-refractivity contribution in [2.75, 3.05) is 24.7 Å². The molecule has 1 aromatic heterocycles. The highest BCUT2D eigenvalue weighted by Gasteiger charge is 2.18. The number of rotatable bonds is 7. The maximum Gasteiger partial charge on any atom is 0.266 e. The number of para-hydroxylation sites is 2. The molecule has 0 fully saturated rings. The van der Waals surface area contributed by atoms with E-state index < -0.39 is 11.7 Å². The van der Waals surface area contributed by atoms with E-state index in [9.17, 15) is 18.8 Å². The first-order valence-corrected chi connectivity index (χ1v) is 11.8. The number of thioether (sulfide) groups is 1. The van der Waals surface area contributed by atoms with Gasteiger partial charge >= 0.3 is 0 Å². The van der Waals surface area contributed by atoms with Crippen molar-refractivity contribution in [3.05, 3.63) is 94.5 Å². The zero-order chi connectivity index (χ0) is 24.9. The highest BCUT2D eigenvalue weighted by molar-refractivity contribution is 7.99.